The van der Waals surface area contributed by atoms with Crippen molar-refractivity contribution in [2.45, 2.75) is 32.2 Å². The fourth-order valence-corrected chi connectivity index (χ4v) is 2.81. The summed E-state index contributed by atoms with van der Waals surface area (Å²) in [6, 6.07) is 9.60. The Hall–Kier alpha value is -1.51. The summed E-state index contributed by atoms with van der Waals surface area (Å²) < 4.78 is 16.9. The molecule has 0 radical (unpaired) electrons. The van der Waals surface area contributed by atoms with Crippen molar-refractivity contribution >= 4 is 8.32 Å². The van der Waals surface area contributed by atoms with Crippen LogP contribution in [0, 0.1) is 11.3 Å². The van der Waals surface area contributed by atoms with Crippen LogP contribution in [0.1, 0.15) is 6.42 Å². The number of hydrogen-bond donors (Lipinski definition) is 0. The predicted octanol–water partition coefficient (Wildman–Crippen LogP) is 3.21. The number of methoxy groups -OCH3 is 1. The van der Waals surface area contributed by atoms with Gasteiger partial charge in [0.2, 0.25) is 0 Å². The highest BCUT2D eigenvalue weighted by molar-refractivity contribution is 6.69. The Morgan fingerprint density at radius 1 is 1.21 bits per heavy atom. The van der Waals surface area contributed by atoms with E-state index in [1.165, 1.54) is 0 Å². The second-order valence-electron chi connectivity index (χ2n) is 5.18. The maximum Gasteiger partial charge on any atom is 0.184 e. The summed E-state index contributed by atoms with van der Waals surface area (Å²) in [7, 11) is -0.0753. The van der Waals surface area contributed by atoms with E-state index in [0.29, 0.717) is 24.5 Å². The Labute approximate surface area is 116 Å². The summed E-state index contributed by atoms with van der Waals surface area (Å²) in [5.74, 6) is 1.36. The number of benzene rings is 1. The van der Waals surface area contributed by atoms with Gasteiger partial charge in [-0.2, -0.15) is 5.26 Å². The zero-order chi connectivity index (χ0) is 14.3. The molecule has 0 saturated carbocycles. The van der Waals surface area contributed by atoms with E-state index >= 15 is 0 Å². The second-order valence-corrected chi connectivity index (χ2v) is 9.64. The molecule has 1 atom stereocenters. The largest absolute Gasteiger partial charge is 0.493 e. The van der Waals surface area contributed by atoms with Crippen molar-refractivity contribution in [3.63, 3.8) is 0 Å². The van der Waals surface area contributed by atoms with Crippen LogP contribution in [0.2, 0.25) is 19.6 Å². The van der Waals surface area contributed by atoms with Crippen LogP contribution in [-0.4, -0.2) is 28.1 Å². The molecular weight excluding hydrogens is 258 g/mol. The molecule has 0 aliphatic rings. The topological polar surface area (TPSA) is 51.5 Å². The van der Waals surface area contributed by atoms with E-state index in [4.69, 9.17) is 19.2 Å². The molecular formula is C14H21NO3Si. The van der Waals surface area contributed by atoms with Gasteiger partial charge in [0.1, 0.15) is 6.61 Å². The van der Waals surface area contributed by atoms with Gasteiger partial charge in [0.05, 0.1) is 25.7 Å². The lowest BCUT2D eigenvalue weighted by atomic mass is 10.3. The first-order valence-electron chi connectivity index (χ1n) is 6.27. The maximum atomic E-state index is 8.84. The van der Waals surface area contributed by atoms with Crippen molar-refractivity contribution < 1.29 is 13.9 Å². The van der Waals surface area contributed by atoms with Crippen molar-refractivity contribution in [2.75, 3.05) is 13.7 Å². The average Bonchev–Trinajstić information content (AvgIpc) is 2.35. The molecule has 0 bridgehead atoms. The van der Waals surface area contributed by atoms with E-state index in [-0.39, 0.29) is 6.10 Å². The summed E-state index contributed by atoms with van der Waals surface area (Å²) in [4.78, 5) is 0. The van der Waals surface area contributed by atoms with Crippen molar-refractivity contribution in [1.82, 2.24) is 0 Å². The summed E-state index contributed by atoms with van der Waals surface area (Å²) in [6.45, 7) is 6.65. The maximum absolute atomic E-state index is 8.84. The van der Waals surface area contributed by atoms with Gasteiger partial charge >= 0.3 is 0 Å². The molecule has 0 saturated heterocycles. The van der Waals surface area contributed by atoms with Crippen molar-refractivity contribution in [2.24, 2.45) is 0 Å². The number of rotatable bonds is 7. The molecule has 0 N–H and O–H groups in total. The zero-order valence-corrected chi connectivity index (χ0v) is 13.0. The van der Waals surface area contributed by atoms with Crippen LogP contribution in [0.5, 0.6) is 11.5 Å². The molecule has 1 unspecified atom stereocenters. The molecule has 1 aromatic carbocycles. The van der Waals surface area contributed by atoms with Crippen molar-refractivity contribution in [3.8, 4) is 17.6 Å². The monoisotopic (exact) mass is 279 g/mol. The van der Waals surface area contributed by atoms with Crippen LogP contribution in [0.25, 0.3) is 0 Å². The third-order valence-electron chi connectivity index (χ3n) is 2.33. The van der Waals surface area contributed by atoms with E-state index in [2.05, 4.69) is 25.7 Å². The van der Waals surface area contributed by atoms with E-state index in [1.807, 2.05) is 24.3 Å². The zero-order valence-electron chi connectivity index (χ0n) is 12.0. The normalized spacial score (nSPS) is 12.6. The van der Waals surface area contributed by atoms with E-state index in [0.717, 1.165) is 0 Å². The average molecular weight is 279 g/mol. The van der Waals surface area contributed by atoms with Crippen molar-refractivity contribution in [3.05, 3.63) is 24.3 Å². The SMILES string of the molecule is COc1ccccc1OCC(CC#N)O[Si](C)(C)C. The Kier molecular flexibility index (Phi) is 5.86. The summed E-state index contributed by atoms with van der Waals surface area (Å²) in [5.41, 5.74) is 0. The summed E-state index contributed by atoms with van der Waals surface area (Å²) >= 11 is 0. The van der Waals surface area contributed by atoms with Crippen LogP contribution in [0.3, 0.4) is 0 Å². The highest BCUT2D eigenvalue weighted by Crippen LogP contribution is 2.26. The first-order chi connectivity index (χ1) is 8.96. The molecule has 0 fully saturated rings. The van der Waals surface area contributed by atoms with Gasteiger partial charge < -0.3 is 13.9 Å². The standard InChI is InChI=1S/C14H21NO3Si/c1-16-13-7-5-6-8-14(13)17-11-12(9-10-15)18-19(2,3)4/h5-8,12H,9,11H2,1-4H3. The number of nitrogens with zero attached hydrogens (tertiary/aromatic N) is 1. The first kappa shape index (κ1) is 15.5. The number of ether oxygens (including phenoxy) is 2. The van der Waals surface area contributed by atoms with E-state index in [9.17, 15) is 0 Å². The lowest BCUT2D eigenvalue weighted by Crippen LogP contribution is -2.35. The summed E-state index contributed by atoms with van der Waals surface area (Å²) in [6.07, 6.45) is 0.140. The van der Waals surface area contributed by atoms with Crippen LogP contribution in [-0.2, 0) is 4.43 Å². The molecule has 0 heterocycles. The molecule has 4 nitrogen and oxygen atoms in total. The quantitative estimate of drug-likeness (QED) is 0.719. The van der Waals surface area contributed by atoms with Gasteiger partial charge in [-0.1, -0.05) is 12.1 Å². The minimum absolute atomic E-state index is 0.193. The fraction of sp³-hybridized carbons (Fsp3) is 0.500. The molecule has 104 valence electrons. The predicted molar refractivity (Wildman–Crippen MR) is 76.9 cm³/mol. The lowest BCUT2D eigenvalue weighted by Gasteiger charge is -2.25. The molecule has 0 aromatic heterocycles. The minimum atomic E-state index is -1.68. The molecule has 0 aliphatic heterocycles. The number of para-hydroxylation sites is 2. The smallest absolute Gasteiger partial charge is 0.184 e. The fourth-order valence-electron chi connectivity index (χ4n) is 1.66. The highest BCUT2D eigenvalue weighted by Gasteiger charge is 2.21. The van der Waals surface area contributed by atoms with Gasteiger partial charge in [0.25, 0.3) is 0 Å². The molecule has 0 aliphatic carbocycles. The first-order valence-corrected chi connectivity index (χ1v) is 9.67. The highest BCUT2D eigenvalue weighted by atomic mass is 28.4. The Balaban J connectivity index is 2.63. The molecule has 5 heteroatoms. The molecule has 19 heavy (non-hydrogen) atoms. The molecule has 0 amide bonds. The van der Waals surface area contributed by atoms with E-state index < -0.39 is 8.32 Å². The summed E-state index contributed by atoms with van der Waals surface area (Å²) in [5, 5.41) is 8.84. The second kappa shape index (κ2) is 7.17. The molecule has 0 spiro atoms. The van der Waals surface area contributed by atoms with Gasteiger partial charge in [-0.05, 0) is 31.8 Å². The molecule has 1 rings (SSSR count). The Morgan fingerprint density at radius 3 is 2.37 bits per heavy atom. The van der Waals surface area contributed by atoms with Gasteiger partial charge in [0.15, 0.2) is 19.8 Å². The van der Waals surface area contributed by atoms with Crippen LogP contribution >= 0.6 is 0 Å². The Morgan fingerprint density at radius 2 is 1.84 bits per heavy atom. The number of nitriles is 1. The number of hydrogen-bond acceptors (Lipinski definition) is 4. The van der Waals surface area contributed by atoms with Gasteiger partial charge in [-0.3, -0.25) is 0 Å². The van der Waals surface area contributed by atoms with Crippen molar-refractivity contribution in [1.29, 1.82) is 5.26 Å². The third kappa shape index (κ3) is 5.77. The van der Waals surface area contributed by atoms with Gasteiger partial charge in [-0.25, -0.2) is 0 Å². The van der Waals surface area contributed by atoms with Gasteiger partial charge in [-0.15, -0.1) is 0 Å². The van der Waals surface area contributed by atoms with Crippen LogP contribution < -0.4 is 9.47 Å². The molecule has 1 aromatic rings. The van der Waals surface area contributed by atoms with Crippen LogP contribution in [0.4, 0.5) is 0 Å². The lowest BCUT2D eigenvalue weighted by molar-refractivity contribution is 0.124. The van der Waals surface area contributed by atoms with Gasteiger partial charge in [0, 0.05) is 0 Å². The van der Waals surface area contributed by atoms with Crippen LogP contribution in [0.15, 0.2) is 24.3 Å². The minimum Gasteiger partial charge on any atom is -0.493 e. The third-order valence-corrected chi connectivity index (χ3v) is 3.37. The van der Waals surface area contributed by atoms with E-state index in [1.54, 1.807) is 7.11 Å². The Bertz CT molecular complexity index is 437.